The molecule has 0 aliphatic heterocycles. The van der Waals surface area contributed by atoms with Gasteiger partial charge in [0, 0.05) is 20.6 Å². The molecule has 2 rings (SSSR count). The largest absolute Gasteiger partial charge is 0.497 e. The Labute approximate surface area is 264 Å². The standard InChI is InChI=1S/C35H60O6Si2/c1-10-43(11-2,12-3)41-35(29(5)25-39-26-30-17-19-32(37-6)20-18-30)28(4)16-21-34(36)31-14-13-15-33(24-31)40-27-38-22-23-42(7,8)9/h13-15,17-20,24,28-29,34-36H,10-12,16,21-23,25-27H2,1-9H3/t28-,29-,34-,35+/m0/s1. The molecule has 8 heteroatoms. The monoisotopic (exact) mass is 632 g/mol. The van der Waals surface area contributed by atoms with Crippen molar-refractivity contribution in [2.45, 2.75) is 110 Å². The lowest BCUT2D eigenvalue weighted by Crippen LogP contribution is -2.45. The van der Waals surface area contributed by atoms with Gasteiger partial charge in [0.2, 0.25) is 0 Å². The third-order valence-corrected chi connectivity index (χ3v) is 15.0. The Morgan fingerprint density at radius 3 is 2.09 bits per heavy atom. The summed E-state index contributed by atoms with van der Waals surface area (Å²) in [5.74, 6) is 2.10. The number of hydrogen-bond donors (Lipinski definition) is 1. The first-order valence-corrected chi connectivity index (χ1v) is 22.6. The maximum Gasteiger partial charge on any atom is 0.192 e. The van der Waals surface area contributed by atoms with Gasteiger partial charge in [0.25, 0.3) is 0 Å². The Morgan fingerprint density at radius 1 is 0.814 bits per heavy atom. The molecule has 0 spiro atoms. The Kier molecular flexibility index (Phi) is 16.5. The third kappa shape index (κ3) is 13.5. The van der Waals surface area contributed by atoms with Crippen LogP contribution in [0.1, 0.15) is 64.7 Å². The molecular formula is C35H60O6Si2. The zero-order valence-electron chi connectivity index (χ0n) is 28.5. The van der Waals surface area contributed by atoms with Crippen molar-refractivity contribution in [3.8, 4) is 11.5 Å². The fourth-order valence-corrected chi connectivity index (χ4v) is 9.17. The summed E-state index contributed by atoms with van der Waals surface area (Å²) in [6.07, 6.45) is 1.04. The lowest BCUT2D eigenvalue weighted by Gasteiger charge is -2.39. The maximum atomic E-state index is 11.1. The summed E-state index contributed by atoms with van der Waals surface area (Å²) >= 11 is 0. The van der Waals surface area contributed by atoms with E-state index < -0.39 is 22.5 Å². The van der Waals surface area contributed by atoms with Crippen LogP contribution in [0, 0.1) is 11.8 Å². The summed E-state index contributed by atoms with van der Waals surface area (Å²) in [6.45, 7) is 20.5. The van der Waals surface area contributed by atoms with Crippen LogP contribution in [0.4, 0.5) is 0 Å². The van der Waals surface area contributed by atoms with Crippen LogP contribution < -0.4 is 9.47 Å². The minimum Gasteiger partial charge on any atom is -0.497 e. The predicted molar refractivity (Wildman–Crippen MR) is 183 cm³/mol. The normalized spacial score (nSPS) is 15.1. The second-order valence-electron chi connectivity index (χ2n) is 13.3. The summed E-state index contributed by atoms with van der Waals surface area (Å²) in [6, 6.07) is 20.2. The SMILES string of the molecule is CC[Si](CC)(CC)O[C@H]([C@@H](C)CC[C@H](O)c1cccc(OCOCC[Si](C)(C)C)c1)[C@@H](C)COCc1ccc(OC)cc1. The highest BCUT2D eigenvalue weighted by molar-refractivity contribution is 6.76. The highest BCUT2D eigenvalue weighted by Gasteiger charge is 2.36. The van der Waals surface area contributed by atoms with Crippen molar-refractivity contribution in [2.75, 3.05) is 27.1 Å². The van der Waals surface area contributed by atoms with Crippen molar-refractivity contribution in [2.24, 2.45) is 11.8 Å². The molecule has 0 radical (unpaired) electrons. The second kappa shape index (κ2) is 19.0. The topological polar surface area (TPSA) is 66.4 Å². The quantitative estimate of drug-likeness (QED) is 0.0794. The van der Waals surface area contributed by atoms with E-state index in [9.17, 15) is 5.11 Å². The molecule has 0 saturated heterocycles. The Bertz CT molecular complexity index is 1010. The van der Waals surface area contributed by atoms with Crippen molar-refractivity contribution >= 4 is 16.4 Å². The van der Waals surface area contributed by atoms with Gasteiger partial charge in [-0.15, -0.1) is 0 Å². The third-order valence-electron chi connectivity index (χ3n) is 8.69. The number of benzene rings is 2. The number of aliphatic hydroxyl groups is 1. The number of ether oxygens (including phenoxy) is 4. The minimum absolute atomic E-state index is 0.0811. The molecule has 6 nitrogen and oxygen atoms in total. The van der Waals surface area contributed by atoms with Crippen molar-refractivity contribution in [1.82, 2.24) is 0 Å². The summed E-state index contributed by atoms with van der Waals surface area (Å²) in [7, 11) is -1.28. The first kappa shape index (κ1) is 37.5. The van der Waals surface area contributed by atoms with Crippen LogP contribution in [0.15, 0.2) is 48.5 Å². The zero-order chi connectivity index (χ0) is 31.9. The van der Waals surface area contributed by atoms with Gasteiger partial charge in [0.15, 0.2) is 15.1 Å². The van der Waals surface area contributed by atoms with Crippen LogP contribution in [0.2, 0.25) is 43.8 Å². The van der Waals surface area contributed by atoms with E-state index in [1.165, 1.54) is 0 Å². The fourth-order valence-electron chi connectivity index (χ4n) is 5.37. The van der Waals surface area contributed by atoms with Crippen LogP contribution in [-0.2, 0) is 20.5 Å². The van der Waals surface area contributed by atoms with E-state index in [2.05, 4.69) is 54.3 Å². The van der Waals surface area contributed by atoms with Crippen molar-refractivity contribution in [1.29, 1.82) is 0 Å². The van der Waals surface area contributed by atoms with E-state index >= 15 is 0 Å². The average Bonchev–Trinajstić information content (AvgIpc) is 3.00. The Morgan fingerprint density at radius 2 is 1.49 bits per heavy atom. The van der Waals surface area contributed by atoms with Gasteiger partial charge in [-0.3, -0.25) is 0 Å². The van der Waals surface area contributed by atoms with Crippen molar-refractivity contribution < 1.29 is 28.5 Å². The molecule has 2 aromatic carbocycles. The average molecular weight is 633 g/mol. The molecule has 0 amide bonds. The van der Waals surface area contributed by atoms with Crippen LogP contribution in [0.3, 0.4) is 0 Å². The van der Waals surface area contributed by atoms with E-state index in [4.69, 9.17) is 23.4 Å². The molecule has 0 saturated carbocycles. The van der Waals surface area contributed by atoms with E-state index in [-0.39, 0.29) is 24.7 Å². The number of methoxy groups -OCH3 is 1. The summed E-state index contributed by atoms with van der Waals surface area (Å²) < 4.78 is 30.1. The lowest BCUT2D eigenvalue weighted by molar-refractivity contribution is 0.00678. The number of rotatable bonds is 22. The highest BCUT2D eigenvalue weighted by Crippen LogP contribution is 2.33. The van der Waals surface area contributed by atoms with Gasteiger partial charge in [-0.25, -0.2) is 0 Å². The van der Waals surface area contributed by atoms with E-state index in [0.29, 0.717) is 19.6 Å². The van der Waals surface area contributed by atoms with E-state index in [1.807, 2.05) is 48.5 Å². The van der Waals surface area contributed by atoms with Gasteiger partial charge in [-0.2, -0.15) is 0 Å². The maximum absolute atomic E-state index is 11.1. The molecule has 1 N–H and O–H groups in total. The molecule has 0 aliphatic carbocycles. The minimum atomic E-state index is -1.84. The first-order chi connectivity index (χ1) is 20.5. The molecule has 0 aliphatic rings. The van der Waals surface area contributed by atoms with Crippen LogP contribution in [0.5, 0.6) is 11.5 Å². The van der Waals surface area contributed by atoms with Gasteiger partial charge >= 0.3 is 0 Å². The van der Waals surface area contributed by atoms with Gasteiger partial charge in [-0.1, -0.05) is 78.5 Å². The molecule has 0 heterocycles. The molecule has 0 unspecified atom stereocenters. The number of aliphatic hydroxyl groups excluding tert-OH is 1. The van der Waals surface area contributed by atoms with Gasteiger partial charge in [0.1, 0.15) is 11.5 Å². The zero-order valence-corrected chi connectivity index (χ0v) is 30.5. The molecule has 244 valence electrons. The first-order valence-electron chi connectivity index (χ1n) is 16.3. The molecule has 0 fully saturated rings. The summed E-state index contributed by atoms with van der Waals surface area (Å²) in [5, 5.41) is 11.1. The van der Waals surface area contributed by atoms with Crippen molar-refractivity contribution in [3.05, 3.63) is 59.7 Å². The lowest BCUT2D eigenvalue weighted by atomic mass is 9.88. The predicted octanol–water partition coefficient (Wildman–Crippen LogP) is 9.08. The van der Waals surface area contributed by atoms with Gasteiger partial charge in [0.05, 0.1) is 32.5 Å². The molecular weight excluding hydrogens is 573 g/mol. The molecule has 0 aromatic heterocycles. The Hall–Kier alpha value is -1.69. The second-order valence-corrected chi connectivity index (χ2v) is 23.6. The summed E-state index contributed by atoms with van der Waals surface area (Å²) in [4.78, 5) is 0. The van der Waals surface area contributed by atoms with Crippen LogP contribution in [0.25, 0.3) is 0 Å². The molecule has 0 bridgehead atoms. The fraction of sp³-hybridized carbons (Fsp3) is 0.657. The number of hydrogen-bond acceptors (Lipinski definition) is 6. The molecule has 4 atom stereocenters. The Balaban J connectivity index is 1.98. The van der Waals surface area contributed by atoms with E-state index in [1.54, 1.807) is 7.11 Å². The highest BCUT2D eigenvalue weighted by atomic mass is 28.4. The molecule has 43 heavy (non-hydrogen) atoms. The van der Waals surface area contributed by atoms with Gasteiger partial charge in [-0.05, 0) is 78.3 Å². The van der Waals surface area contributed by atoms with Crippen LogP contribution in [-0.4, -0.2) is 54.7 Å². The van der Waals surface area contributed by atoms with Crippen molar-refractivity contribution in [3.63, 3.8) is 0 Å². The van der Waals surface area contributed by atoms with E-state index in [0.717, 1.165) is 59.8 Å². The van der Waals surface area contributed by atoms with Crippen LogP contribution >= 0.6 is 0 Å². The molecule has 2 aromatic rings. The smallest absolute Gasteiger partial charge is 0.192 e. The summed E-state index contributed by atoms with van der Waals surface area (Å²) in [5.41, 5.74) is 2.00. The van der Waals surface area contributed by atoms with Gasteiger partial charge < -0.3 is 28.5 Å².